The third-order valence-electron chi connectivity index (χ3n) is 1.70. The van der Waals surface area contributed by atoms with E-state index in [0.717, 1.165) is 12.1 Å². The van der Waals surface area contributed by atoms with Crippen LogP contribution in [0.5, 0.6) is 0 Å². The van der Waals surface area contributed by atoms with Gasteiger partial charge in [-0.15, -0.1) is 11.6 Å². The van der Waals surface area contributed by atoms with Gasteiger partial charge in [0.2, 0.25) is 0 Å². The Hall–Kier alpha value is -0.610. The minimum atomic E-state index is -4.36. The topological polar surface area (TPSA) is 12.0 Å². The zero-order valence-corrected chi connectivity index (χ0v) is 9.05. The molecule has 15 heavy (non-hydrogen) atoms. The average Bonchev–Trinajstić information content (AvgIpc) is 2.15. The Kier molecular flexibility index (Phi) is 4.11. The van der Waals surface area contributed by atoms with E-state index in [1.165, 1.54) is 6.07 Å². The third-order valence-corrected chi connectivity index (χ3v) is 2.22. The number of rotatable bonds is 3. The van der Waals surface area contributed by atoms with Gasteiger partial charge in [0.1, 0.15) is 0 Å². The van der Waals surface area contributed by atoms with Gasteiger partial charge in [0, 0.05) is 12.4 Å². The first-order valence-electron chi connectivity index (χ1n) is 4.11. The molecule has 1 N–H and O–H groups in total. The van der Waals surface area contributed by atoms with Gasteiger partial charge in [-0.3, -0.25) is 0 Å². The number of anilines is 1. The molecular weight excluding hydrogens is 250 g/mol. The predicted molar refractivity (Wildman–Crippen MR) is 55.7 cm³/mol. The molecule has 0 bridgehead atoms. The number of nitrogens with one attached hydrogen (secondary N) is 1. The normalized spacial score (nSPS) is 11.5. The van der Waals surface area contributed by atoms with Gasteiger partial charge in [-0.1, -0.05) is 11.6 Å². The molecule has 0 aliphatic rings. The molecule has 84 valence electrons. The largest absolute Gasteiger partial charge is 0.416 e. The lowest BCUT2D eigenvalue weighted by atomic mass is 10.2. The van der Waals surface area contributed by atoms with Crippen molar-refractivity contribution in [1.29, 1.82) is 0 Å². The lowest BCUT2D eigenvalue weighted by Gasteiger charge is -2.11. The van der Waals surface area contributed by atoms with Crippen LogP contribution in [-0.2, 0) is 6.18 Å². The monoisotopic (exact) mass is 257 g/mol. The highest BCUT2D eigenvalue weighted by Crippen LogP contribution is 2.33. The maximum atomic E-state index is 12.3. The van der Waals surface area contributed by atoms with E-state index in [9.17, 15) is 13.2 Å². The molecule has 6 heteroatoms. The summed E-state index contributed by atoms with van der Waals surface area (Å²) in [6.07, 6.45) is -4.36. The molecule has 0 saturated carbocycles. The zero-order valence-electron chi connectivity index (χ0n) is 7.54. The number of alkyl halides is 4. The first kappa shape index (κ1) is 12.5. The van der Waals surface area contributed by atoms with Gasteiger partial charge in [-0.25, -0.2) is 0 Å². The van der Waals surface area contributed by atoms with Crippen molar-refractivity contribution < 1.29 is 13.2 Å². The Bertz CT molecular complexity index is 339. The molecule has 0 aliphatic carbocycles. The van der Waals surface area contributed by atoms with Crippen LogP contribution in [0.25, 0.3) is 0 Å². The summed E-state index contributed by atoms with van der Waals surface area (Å²) in [6.45, 7) is 0.364. The summed E-state index contributed by atoms with van der Waals surface area (Å²) in [4.78, 5) is 0. The lowest BCUT2D eigenvalue weighted by molar-refractivity contribution is -0.137. The zero-order chi connectivity index (χ0) is 11.5. The molecule has 1 rings (SSSR count). The molecule has 0 saturated heterocycles. The minimum Gasteiger partial charge on any atom is -0.383 e. The van der Waals surface area contributed by atoms with Crippen LogP contribution >= 0.6 is 23.2 Å². The van der Waals surface area contributed by atoms with Crippen molar-refractivity contribution in [3.63, 3.8) is 0 Å². The van der Waals surface area contributed by atoms with Gasteiger partial charge in [0.15, 0.2) is 0 Å². The second-order valence-electron chi connectivity index (χ2n) is 2.81. The van der Waals surface area contributed by atoms with Crippen LogP contribution in [0.2, 0.25) is 5.02 Å². The van der Waals surface area contributed by atoms with Crippen molar-refractivity contribution in [1.82, 2.24) is 0 Å². The summed E-state index contributed by atoms with van der Waals surface area (Å²) in [7, 11) is 0. The van der Waals surface area contributed by atoms with E-state index in [1.807, 2.05) is 0 Å². The fourth-order valence-corrected chi connectivity index (χ4v) is 1.30. The Morgan fingerprint density at radius 1 is 1.27 bits per heavy atom. The van der Waals surface area contributed by atoms with Crippen LogP contribution in [0.1, 0.15) is 5.56 Å². The van der Waals surface area contributed by atoms with Crippen molar-refractivity contribution in [3.05, 3.63) is 28.8 Å². The predicted octanol–water partition coefficient (Wildman–Crippen LogP) is 4.01. The van der Waals surface area contributed by atoms with E-state index in [0.29, 0.717) is 12.4 Å². The van der Waals surface area contributed by atoms with Crippen molar-refractivity contribution in [3.8, 4) is 0 Å². The third kappa shape index (κ3) is 3.47. The average molecular weight is 258 g/mol. The first-order valence-corrected chi connectivity index (χ1v) is 5.03. The van der Waals surface area contributed by atoms with Gasteiger partial charge < -0.3 is 5.32 Å². The quantitative estimate of drug-likeness (QED) is 0.807. The second-order valence-corrected chi connectivity index (χ2v) is 3.59. The maximum Gasteiger partial charge on any atom is 0.416 e. The summed E-state index contributed by atoms with van der Waals surface area (Å²) in [5, 5.41) is 2.95. The van der Waals surface area contributed by atoms with Crippen molar-refractivity contribution >= 4 is 28.9 Å². The van der Waals surface area contributed by atoms with Crippen molar-refractivity contribution in [2.75, 3.05) is 17.7 Å². The molecule has 0 aliphatic heterocycles. The van der Waals surface area contributed by atoms with Crippen molar-refractivity contribution in [2.45, 2.75) is 6.18 Å². The number of halogens is 5. The molecule has 0 radical (unpaired) electrons. The smallest absolute Gasteiger partial charge is 0.383 e. The first-order chi connectivity index (χ1) is 6.95. The minimum absolute atomic E-state index is 0.243. The van der Waals surface area contributed by atoms with Gasteiger partial charge in [-0.2, -0.15) is 13.2 Å². The molecule has 1 nitrogen and oxygen atoms in total. The number of hydrogen-bond donors (Lipinski definition) is 1. The molecule has 0 amide bonds. The summed E-state index contributed by atoms with van der Waals surface area (Å²) in [5.74, 6) is 0.298. The van der Waals surface area contributed by atoms with Gasteiger partial charge >= 0.3 is 6.18 Å². The standard InChI is InChI=1S/C9H8Cl2F3N/c10-3-4-15-8-5-6(9(12,13)14)1-2-7(8)11/h1-2,5,15H,3-4H2. The molecule has 0 fully saturated rings. The summed E-state index contributed by atoms with van der Waals surface area (Å²) < 4.78 is 37.0. The van der Waals surface area contributed by atoms with Crippen molar-refractivity contribution in [2.24, 2.45) is 0 Å². The molecule has 0 heterocycles. The van der Waals surface area contributed by atoms with Crippen LogP contribution in [-0.4, -0.2) is 12.4 Å². The molecular formula is C9H8Cl2F3N. The fourth-order valence-electron chi connectivity index (χ4n) is 1.02. The van der Waals surface area contributed by atoms with Gasteiger partial charge in [-0.05, 0) is 18.2 Å². The van der Waals surface area contributed by atoms with E-state index in [4.69, 9.17) is 23.2 Å². The Balaban J connectivity index is 2.95. The van der Waals surface area contributed by atoms with Crippen LogP contribution < -0.4 is 5.32 Å². The Morgan fingerprint density at radius 3 is 2.47 bits per heavy atom. The van der Waals surface area contributed by atoms with Gasteiger partial charge in [0.05, 0.1) is 16.3 Å². The van der Waals surface area contributed by atoms with E-state index < -0.39 is 11.7 Å². The highest BCUT2D eigenvalue weighted by molar-refractivity contribution is 6.33. The number of benzene rings is 1. The van der Waals surface area contributed by atoms with E-state index in [2.05, 4.69) is 5.32 Å². The fraction of sp³-hybridized carbons (Fsp3) is 0.333. The van der Waals surface area contributed by atoms with E-state index in [-0.39, 0.29) is 10.7 Å². The molecule has 0 atom stereocenters. The Labute approximate surface area is 95.2 Å². The molecule has 0 unspecified atom stereocenters. The van der Waals surface area contributed by atoms with Gasteiger partial charge in [0.25, 0.3) is 0 Å². The Morgan fingerprint density at radius 2 is 1.93 bits per heavy atom. The molecule has 0 spiro atoms. The lowest BCUT2D eigenvalue weighted by Crippen LogP contribution is -2.08. The van der Waals surface area contributed by atoms with Crippen LogP contribution in [0, 0.1) is 0 Å². The van der Waals surface area contributed by atoms with E-state index in [1.54, 1.807) is 0 Å². The summed E-state index contributed by atoms with van der Waals surface area (Å²) in [6, 6.07) is 3.12. The number of hydrogen-bond acceptors (Lipinski definition) is 1. The molecule has 1 aromatic rings. The summed E-state index contributed by atoms with van der Waals surface area (Å²) >= 11 is 11.1. The van der Waals surface area contributed by atoms with Crippen LogP contribution in [0.15, 0.2) is 18.2 Å². The molecule has 0 aromatic heterocycles. The molecule has 1 aromatic carbocycles. The maximum absolute atomic E-state index is 12.3. The highest BCUT2D eigenvalue weighted by atomic mass is 35.5. The van der Waals surface area contributed by atoms with Crippen LogP contribution in [0.4, 0.5) is 18.9 Å². The summed E-state index contributed by atoms with van der Waals surface area (Å²) in [5.41, 5.74) is -0.490. The SMILES string of the molecule is FC(F)(F)c1ccc(Cl)c(NCCCl)c1. The highest BCUT2D eigenvalue weighted by Gasteiger charge is 2.30. The van der Waals surface area contributed by atoms with E-state index >= 15 is 0 Å². The second kappa shape index (κ2) is 4.94. The van der Waals surface area contributed by atoms with Crippen LogP contribution in [0.3, 0.4) is 0 Å².